The van der Waals surface area contributed by atoms with Gasteiger partial charge in [0.2, 0.25) is 0 Å². The van der Waals surface area contributed by atoms with Gasteiger partial charge in [-0.25, -0.2) is 4.79 Å². The van der Waals surface area contributed by atoms with Crippen LogP contribution < -0.4 is 0 Å². The fraction of sp³-hybridized carbons (Fsp3) is 0.375. The van der Waals surface area contributed by atoms with Crippen LogP contribution in [0.3, 0.4) is 0 Å². The van der Waals surface area contributed by atoms with Crippen molar-refractivity contribution in [2.75, 3.05) is 6.61 Å². The van der Waals surface area contributed by atoms with Gasteiger partial charge in [-0.15, -0.1) is 0 Å². The van der Waals surface area contributed by atoms with Gasteiger partial charge in [0.05, 0.1) is 6.61 Å². The molecule has 0 aliphatic rings. The molecule has 0 heterocycles. The molecule has 0 fully saturated rings. The molecule has 0 amide bonds. The molecule has 4 nitrogen and oxygen atoms in total. The molecule has 0 atom stereocenters. The zero-order valence-corrected chi connectivity index (χ0v) is 12.1. The van der Waals surface area contributed by atoms with Crippen LogP contribution in [0.4, 0.5) is 0 Å². The fourth-order valence-corrected chi connectivity index (χ4v) is 1.76. The first-order valence-corrected chi connectivity index (χ1v) is 6.58. The maximum absolute atomic E-state index is 11.7. The number of nitrogens with zero attached hydrogens (tertiary/aromatic N) is 1. The van der Waals surface area contributed by atoms with Crippen molar-refractivity contribution < 1.29 is 14.6 Å². The second kappa shape index (κ2) is 7.34. The lowest BCUT2D eigenvalue weighted by Crippen LogP contribution is -2.07. The van der Waals surface area contributed by atoms with Crippen molar-refractivity contribution in [3.05, 3.63) is 34.4 Å². The summed E-state index contributed by atoms with van der Waals surface area (Å²) in [6.45, 7) is 5.86. The number of carbonyl (C=O) groups is 1. The van der Waals surface area contributed by atoms with Crippen LogP contribution in [0.2, 0.25) is 0 Å². The van der Waals surface area contributed by atoms with Crippen LogP contribution in [0.25, 0.3) is 6.08 Å². The van der Waals surface area contributed by atoms with Crippen LogP contribution in [-0.4, -0.2) is 17.7 Å². The Morgan fingerprint density at radius 3 is 2.50 bits per heavy atom. The van der Waals surface area contributed by atoms with Crippen molar-refractivity contribution in [2.24, 2.45) is 0 Å². The number of hydrogen-bond donors (Lipinski definition) is 1. The minimum atomic E-state index is -0.607. The van der Waals surface area contributed by atoms with Crippen molar-refractivity contribution in [2.45, 2.75) is 33.6 Å². The lowest BCUT2D eigenvalue weighted by atomic mass is 10.0. The third-order valence-electron chi connectivity index (χ3n) is 2.90. The highest BCUT2D eigenvalue weighted by Gasteiger charge is 2.11. The van der Waals surface area contributed by atoms with Crippen molar-refractivity contribution >= 4 is 12.0 Å². The van der Waals surface area contributed by atoms with E-state index in [1.807, 2.05) is 13.0 Å². The number of hydrogen-bond acceptors (Lipinski definition) is 4. The monoisotopic (exact) mass is 273 g/mol. The van der Waals surface area contributed by atoms with Crippen molar-refractivity contribution in [1.82, 2.24) is 0 Å². The van der Waals surface area contributed by atoms with E-state index in [1.165, 1.54) is 6.08 Å². The second-order valence-corrected chi connectivity index (χ2v) is 4.66. The molecule has 1 aromatic rings. The van der Waals surface area contributed by atoms with E-state index in [0.717, 1.165) is 12.8 Å². The molecular weight excluding hydrogens is 254 g/mol. The third-order valence-corrected chi connectivity index (χ3v) is 2.90. The fourth-order valence-electron chi connectivity index (χ4n) is 1.76. The molecule has 20 heavy (non-hydrogen) atoms. The maximum Gasteiger partial charge on any atom is 0.348 e. The number of phenolic OH excluding ortho intramolecular Hbond substituents is 1. The molecule has 0 spiro atoms. The molecule has 0 unspecified atom stereocenters. The Balaban J connectivity index is 2.95. The summed E-state index contributed by atoms with van der Waals surface area (Å²) in [6.07, 6.45) is 3.19. The van der Waals surface area contributed by atoms with E-state index in [1.54, 1.807) is 26.0 Å². The van der Waals surface area contributed by atoms with Crippen LogP contribution in [0, 0.1) is 25.2 Å². The number of aryl methyl sites for hydroxylation is 2. The normalized spacial score (nSPS) is 11.0. The largest absolute Gasteiger partial charge is 0.507 e. The summed E-state index contributed by atoms with van der Waals surface area (Å²) in [5.41, 5.74) is 2.06. The topological polar surface area (TPSA) is 70.3 Å². The standard InChI is InChI=1S/C16H19NO3/c1-4-5-6-20-16(19)14(10-17)9-13-7-11(2)15(18)12(3)8-13/h7-9,18H,4-6H2,1-3H3/b14-9+. The first-order valence-electron chi connectivity index (χ1n) is 6.58. The highest BCUT2D eigenvalue weighted by Crippen LogP contribution is 2.24. The summed E-state index contributed by atoms with van der Waals surface area (Å²) >= 11 is 0. The second-order valence-electron chi connectivity index (χ2n) is 4.66. The first-order chi connectivity index (χ1) is 9.49. The number of phenols is 1. The molecule has 0 aromatic heterocycles. The Hall–Kier alpha value is -2.28. The predicted octanol–water partition coefficient (Wildman–Crippen LogP) is 3.26. The van der Waals surface area contributed by atoms with Gasteiger partial charge >= 0.3 is 5.97 Å². The number of ether oxygens (including phenoxy) is 1. The van der Waals surface area contributed by atoms with E-state index in [9.17, 15) is 9.90 Å². The summed E-state index contributed by atoms with van der Waals surface area (Å²) in [7, 11) is 0. The van der Waals surface area contributed by atoms with Crippen LogP contribution in [0.15, 0.2) is 17.7 Å². The van der Waals surface area contributed by atoms with Crippen molar-refractivity contribution in [1.29, 1.82) is 5.26 Å². The van der Waals surface area contributed by atoms with Crippen LogP contribution >= 0.6 is 0 Å². The molecule has 1 aromatic carbocycles. The average Bonchev–Trinajstić information content (AvgIpc) is 2.42. The van der Waals surface area contributed by atoms with Gasteiger partial charge in [-0.05, 0) is 55.2 Å². The SMILES string of the molecule is CCCCOC(=O)/C(C#N)=C/c1cc(C)c(O)c(C)c1. The number of unbranched alkanes of at least 4 members (excludes halogenated alkanes) is 1. The first kappa shape index (κ1) is 15.8. The Bertz CT molecular complexity index is 545. The molecule has 0 saturated heterocycles. The Kier molecular flexibility index (Phi) is 5.79. The number of benzene rings is 1. The highest BCUT2D eigenvalue weighted by atomic mass is 16.5. The average molecular weight is 273 g/mol. The summed E-state index contributed by atoms with van der Waals surface area (Å²) in [6, 6.07) is 5.30. The summed E-state index contributed by atoms with van der Waals surface area (Å²) in [5, 5.41) is 18.7. The smallest absolute Gasteiger partial charge is 0.348 e. The van der Waals surface area contributed by atoms with Gasteiger partial charge in [0, 0.05) is 0 Å². The van der Waals surface area contributed by atoms with E-state index < -0.39 is 5.97 Å². The molecule has 0 radical (unpaired) electrons. The quantitative estimate of drug-likeness (QED) is 0.387. The molecular formula is C16H19NO3. The number of esters is 1. The summed E-state index contributed by atoms with van der Waals surface area (Å²) < 4.78 is 5.01. The Morgan fingerprint density at radius 2 is 2.00 bits per heavy atom. The summed E-state index contributed by atoms with van der Waals surface area (Å²) in [5.74, 6) is -0.379. The van der Waals surface area contributed by atoms with Crippen molar-refractivity contribution in [3.63, 3.8) is 0 Å². The molecule has 0 aliphatic carbocycles. The molecule has 0 aliphatic heterocycles. The Labute approximate surface area is 119 Å². The number of rotatable bonds is 5. The van der Waals surface area contributed by atoms with Gasteiger partial charge in [0.25, 0.3) is 0 Å². The molecule has 1 rings (SSSR count). The van der Waals surface area contributed by atoms with Crippen LogP contribution in [0.1, 0.15) is 36.5 Å². The minimum Gasteiger partial charge on any atom is -0.507 e. The van der Waals surface area contributed by atoms with Crippen LogP contribution in [0.5, 0.6) is 5.75 Å². The maximum atomic E-state index is 11.7. The van der Waals surface area contributed by atoms with E-state index >= 15 is 0 Å². The molecule has 0 saturated carbocycles. The molecule has 106 valence electrons. The zero-order chi connectivity index (χ0) is 15.1. The van der Waals surface area contributed by atoms with Gasteiger partial charge in [-0.2, -0.15) is 5.26 Å². The summed E-state index contributed by atoms with van der Waals surface area (Å²) in [4.78, 5) is 11.7. The highest BCUT2D eigenvalue weighted by molar-refractivity contribution is 5.97. The lowest BCUT2D eigenvalue weighted by Gasteiger charge is -2.06. The van der Waals surface area contributed by atoms with Gasteiger partial charge in [-0.3, -0.25) is 0 Å². The minimum absolute atomic E-state index is 0.0365. The van der Waals surface area contributed by atoms with Crippen molar-refractivity contribution in [3.8, 4) is 11.8 Å². The van der Waals surface area contributed by atoms with Gasteiger partial charge in [-0.1, -0.05) is 13.3 Å². The number of carbonyl (C=O) groups excluding carboxylic acids is 1. The number of aromatic hydroxyl groups is 1. The zero-order valence-electron chi connectivity index (χ0n) is 12.1. The van der Waals surface area contributed by atoms with Gasteiger partial charge < -0.3 is 9.84 Å². The van der Waals surface area contributed by atoms with E-state index in [4.69, 9.17) is 10.00 Å². The third kappa shape index (κ3) is 4.13. The molecule has 1 N–H and O–H groups in total. The number of nitriles is 1. The van der Waals surface area contributed by atoms with E-state index in [2.05, 4.69) is 0 Å². The molecule has 0 bridgehead atoms. The lowest BCUT2D eigenvalue weighted by molar-refractivity contribution is -0.138. The molecule has 4 heteroatoms. The van der Waals surface area contributed by atoms with E-state index in [0.29, 0.717) is 23.3 Å². The van der Waals surface area contributed by atoms with Crippen LogP contribution in [-0.2, 0) is 9.53 Å². The predicted molar refractivity (Wildman–Crippen MR) is 77.0 cm³/mol. The van der Waals surface area contributed by atoms with Gasteiger partial charge in [0.1, 0.15) is 17.4 Å². The van der Waals surface area contributed by atoms with E-state index in [-0.39, 0.29) is 11.3 Å². The van der Waals surface area contributed by atoms with Gasteiger partial charge in [0.15, 0.2) is 0 Å². The Morgan fingerprint density at radius 1 is 1.40 bits per heavy atom.